The topological polar surface area (TPSA) is 29.9 Å². The molecule has 0 radical (unpaired) electrons. The van der Waals surface area contributed by atoms with E-state index in [1.54, 1.807) is 10.9 Å². The number of hydrogen-bond donors (Lipinski definition) is 1. The Kier molecular flexibility index (Phi) is 3.96. The standard InChI is InChI=1S/C13H13F4N3/c1-2-20-8-11(7-19-20)18-6-9-3-4-10(14)5-12(9)13(15,16)17/h3-5,7-8,18H,2,6H2,1H3. The normalized spacial score (nSPS) is 11.7. The Bertz CT molecular complexity index is 590. The summed E-state index contributed by atoms with van der Waals surface area (Å²) in [5.74, 6) is -0.903. The second-order valence-electron chi connectivity index (χ2n) is 4.24. The maximum Gasteiger partial charge on any atom is 0.416 e. The van der Waals surface area contributed by atoms with Crippen molar-refractivity contribution in [2.24, 2.45) is 0 Å². The molecule has 7 heteroatoms. The Balaban J connectivity index is 2.17. The van der Waals surface area contributed by atoms with Gasteiger partial charge in [-0.2, -0.15) is 18.3 Å². The van der Waals surface area contributed by atoms with Crippen LogP contribution in [0.4, 0.5) is 23.2 Å². The molecule has 0 saturated heterocycles. The van der Waals surface area contributed by atoms with Crippen molar-refractivity contribution in [2.75, 3.05) is 5.32 Å². The minimum atomic E-state index is -4.58. The van der Waals surface area contributed by atoms with Crippen molar-refractivity contribution in [1.29, 1.82) is 0 Å². The molecule has 2 rings (SSSR count). The van der Waals surface area contributed by atoms with Gasteiger partial charge in [0.05, 0.1) is 17.4 Å². The van der Waals surface area contributed by atoms with Crippen LogP contribution in [0, 0.1) is 5.82 Å². The molecule has 0 spiro atoms. The van der Waals surface area contributed by atoms with Gasteiger partial charge in [-0.3, -0.25) is 4.68 Å². The van der Waals surface area contributed by atoms with Crippen molar-refractivity contribution in [3.63, 3.8) is 0 Å². The Morgan fingerprint density at radius 2 is 2.05 bits per heavy atom. The SMILES string of the molecule is CCn1cc(NCc2ccc(F)cc2C(F)(F)F)cn1. The minimum absolute atomic E-state index is 0.0110. The summed E-state index contributed by atoms with van der Waals surface area (Å²) in [6, 6.07) is 2.66. The van der Waals surface area contributed by atoms with E-state index in [0.717, 1.165) is 12.1 Å². The van der Waals surface area contributed by atoms with Crippen molar-refractivity contribution in [2.45, 2.75) is 26.2 Å². The first-order valence-corrected chi connectivity index (χ1v) is 6.02. The zero-order valence-electron chi connectivity index (χ0n) is 10.7. The number of benzene rings is 1. The van der Waals surface area contributed by atoms with Crippen LogP contribution in [0.25, 0.3) is 0 Å². The van der Waals surface area contributed by atoms with Gasteiger partial charge in [0.2, 0.25) is 0 Å². The molecule has 0 fully saturated rings. The molecule has 2 aromatic rings. The summed E-state index contributed by atoms with van der Waals surface area (Å²) in [6.07, 6.45) is -1.36. The highest BCUT2D eigenvalue weighted by Crippen LogP contribution is 2.32. The molecular weight excluding hydrogens is 274 g/mol. The van der Waals surface area contributed by atoms with Crippen LogP contribution in [0.3, 0.4) is 0 Å². The molecule has 0 unspecified atom stereocenters. The second-order valence-corrected chi connectivity index (χ2v) is 4.24. The number of hydrogen-bond acceptors (Lipinski definition) is 2. The van der Waals surface area contributed by atoms with E-state index < -0.39 is 17.6 Å². The fourth-order valence-electron chi connectivity index (χ4n) is 1.79. The van der Waals surface area contributed by atoms with Gasteiger partial charge in [-0.1, -0.05) is 6.07 Å². The van der Waals surface area contributed by atoms with Crippen molar-refractivity contribution in [1.82, 2.24) is 9.78 Å². The van der Waals surface area contributed by atoms with E-state index in [1.165, 1.54) is 6.20 Å². The van der Waals surface area contributed by atoms with Gasteiger partial charge in [0.15, 0.2) is 0 Å². The number of rotatable bonds is 4. The summed E-state index contributed by atoms with van der Waals surface area (Å²) in [6.45, 7) is 2.52. The lowest BCUT2D eigenvalue weighted by Gasteiger charge is -2.13. The summed E-state index contributed by atoms with van der Waals surface area (Å²) >= 11 is 0. The van der Waals surface area contributed by atoms with Crippen molar-refractivity contribution in [3.05, 3.63) is 47.5 Å². The molecule has 0 aliphatic rings. The van der Waals surface area contributed by atoms with Crippen molar-refractivity contribution < 1.29 is 17.6 Å². The summed E-state index contributed by atoms with van der Waals surface area (Å²) in [7, 11) is 0. The number of anilines is 1. The average Bonchev–Trinajstić information content (AvgIpc) is 2.84. The second kappa shape index (κ2) is 5.52. The van der Waals surface area contributed by atoms with Crippen LogP contribution in [0.1, 0.15) is 18.1 Å². The third-order valence-corrected chi connectivity index (χ3v) is 2.82. The zero-order valence-corrected chi connectivity index (χ0v) is 10.7. The Labute approximate surface area is 113 Å². The van der Waals surface area contributed by atoms with E-state index in [9.17, 15) is 17.6 Å². The Hall–Kier alpha value is -2.05. The molecule has 0 amide bonds. The lowest BCUT2D eigenvalue weighted by molar-refractivity contribution is -0.138. The van der Waals surface area contributed by atoms with Gasteiger partial charge in [-0.25, -0.2) is 4.39 Å². The highest BCUT2D eigenvalue weighted by molar-refractivity contribution is 5.41. The number of aromatic nitrogens is 2. The number of nitrogens with zero attached hydrogens (tertiary/aromatic N) is 2. The van der Waals surface area contributed by atoms with Crippen LogP contribution in [-0.2, 0) is 19.3 Å². The molecule has 1 heterocycles. The third-order valence-electron chi connectivity index (χ3n) is 2.82. The smallest absolute Gasteiger partial charge is 0.378 e. The van der Waals surface area contributed by atoms with E-state index in [-0.39, 0.29) is 12.1 Å². The van der Waals surface area contributed by atoms with Crippen molar-refractivity contribution >= 4 is 5.69 Å². The van der Waals surface area contributed by atoms with E-state index in [1.807, 2.05) is 6.92 Å². The molecule has 0 atom stereocenters. The van der Waals surface area contributed by atoms with Crippen LogP contribution >= 0.6 is 0 Å². The molecule has 0 aliphatic carbocycles. The van der Waals surface area contributed by atoms with Gasteiger partial charge in [0.1, 0.15) is 5.82 Å². The monoisotopic (exact) mass is 287 g/mol. The van der Waals surface area contributed by atoms with Gasteiger partial charge in [0, 0.05) is 19.3 Å². The first-order chi connectivity index (χ1) is 9.40. The fraction of sp³-hybridized carbons (Fsp3) is 0.308. The molecule has 1 aromatic carbocycles. The van der Waals surface area contributed by atoms with Gasteiger partial charge < -0.3 is 5.32 Å². The molecule has 108 valence electrons. The molecule has 20 heavy (non-hydrogen) atoms. The fourth-order valence-corrected chi connectivity index (χ4v) is 1.79. The lowest BCUT2D eigenvalue weighted by atomic mass is 10.1. The minimum Gasteiger partial charge on any atom is -0.378 e. The summed E-state index contributed by atoms with van der Waals surface area (Å²) in [5.41, 5.74) is -0.361. The first-order valence-electron chi connectivity index (χ1n) is 6.02. The number of halogens is 4. The molecular formula is C13H13F4N3. The highest BCUT2D eigenvalue weighted by Gasteiger charge is 2.33. The van der Waals surface area contributed by atoms with Gasteiger partial charge in [-0.15, -0.1) is 0 Å². The Morgan fingerprint density at radius 1 is 1.30 bits per heavy atom. The quantitative estimate of drug-likeness (QED) is 0.869. The molecule has 1 N–H and O–H groups in total. The first kappa shape index (κ1) is 14.4. The third kappa shape index (κ3) is 3.28. The lowest BCUT2D eigenvalue weighted by Crippen LogP contribution is -2.12. The molecule has 0 aliphatic heterocycles. The molecule has 0 bridgehead atoms. The number of aryl methyl sites for hydroxylation is 1. The predicted octanol–water partition coefficient (Wildman–Crippen LogP) is 3.67. The Morgan fingerprint density at radius 3 is 2.65 bits per heavy atom. The molecule has 1 aromatic heterocycles. The zero-order chi connectivity index (χ0) is 14.8. The maximum absolute atomic E-state index is 13.0. The van der Waals surface area contributed by atoms with Crippen LogP contribution in [0.15, 0.2) is 30.6 Å². The van der Waals surface area contributed by atoms with Crippen LogP contribution in [0.5, 0.6) is 0 Å². The summed E-state index contributed by atoms with van der Waals surface area (Å²) < 4.78 is 53.0. The highest BCUT2D eigenvalue weighted by atomic mass is 19.4. The van der Waals surface area contributed by atoms with E-state index in [2.05, 4.69) is 10.4 Å². The largest absolute Gasteiger partial charge is 0.416 e. The average molecular weight is 287 g/mol. The van der Waals surface area contributed by atoms with Crippen LogP contribution in [-0.4, -0.2) is 9.78 Å². The maximum atomic E-state index is 13.0. The van der Waals surface area contributed by atoms with Gasteiger partial charge >= 0.3 is 6.18 Å². The van der Waals surface area contributed by atoms with E-state index >= 15 is 0 Å². The number of alkyl halides is 3. The molecule has 3 nitrogen and oxygen atoms in total. The van der Waals surface area contributed by atoms with Gasteiger partial charge in [0.25, 0.3) is 0 Å². The van der Waals surface area contributed by atoms with Crippen LogP contribution < -0.4 is 5.32 Å². The van der Waals surface area contributed by atoms with E-state index in [4.69, 9.17) is 0 Å². The summed E-state index contributed by atoms with van der Waals surface area (Å²) in [4.78, 5) is 0. The predicted molar refractivity (Wildman–Crippen MR) is 66.6 cm³/mol. The summed E-state index contributed by atoms with van der Waals surface area (Å²) in [5, 5.41) is 6.85. The van der Waals surface area contributed by atoms with Crippen LogP contribution in [0.2, 0.25) is 0 Å². The van der Waals surface area contributed by atoms with Crippen molar-refractivity contribution in [3.8, 4) is 0 Å². The van der Waals surface area contributed by atoms with E-state index in [0.29, 0.717) is 18.3 Å². The number of nitrogens with one attached hydrogen (secondary N) is 1. The van der Waals surface area contributed by atoms with Gasteiger partial charge in [-0.05, 0) is 24.6 Å². The molecule has 0 saturated carbocycles.